The van der Waals surface area contributed by atoms with Crippen molar-refractivity contribution in [3.05, 3.63) is 65.1 Å². The van der Waals surface area contributed by atoms with Crippen LogP contribution in [0.4, 0.5) is 5.69 Å². The topological polar surface area (TPSA) is 77.2 Å². The Kier molecular flexibility index (Phi) is 6.34. The smallest absolute Gasteiger partial charge is 0.161 e. The molecule has 7 heteroatoms. The van der Waals surface area contributed by atoms with E-state index in [0.29, 0.717) is 26.4 Å². The van der Waals surface area contributed by atoms with E-state index >= 15 is 0 Å². The van der Waals surface area contributed by atoms with Crippen LogP contribution in [0.15, 0.2) is 42.6 Å². The molecule has 7 nitrogen and oxygen atoms in total. The van der Waals surface area contributed by atoms with E-state index in [1.807, 2.05) is 49.5 Å². The lowest BCUT2D eigenvalue weighted by molar-refractivity contribution is -0.0696. The number of pyridine rings is 1. The van der Waals surface area contributed by atoms with Gasteiger partial charge in [0.2, 0.25) is 0 Å². The Morgan fingerprint density at radius 3 is 2.60 bits per heavy atom. The third-order valence-electron chi connectivity index (χ3n) is 5.68. The van der Waals surface area contributed by atoms with Crippen molar-refractivity contribution in [1.82, 2.24) is 9.38 Å². The molecule has 3 atom stereocenters. The summed E-state index contributed by atoms with van der Waals surface area (Å²) in [5.74, 6) is 0. The Bertz CT molecular complexity index is 989. The SMILES string of the molecule is COCCOCCO[C@@H]1c2ccn3c(C)c(C)nc3c2N[C@H](c2ccccc2)[C@H]1O. The van der Waals surface area contributed by atoms with Crippen LogP contribution in [0.2, 0.25) is 0 Å². The Morgan fingerprint density at radius 2 is 1.83 bits per heavy atom. The first kappa shape index (κ1) is 20.8. The van der Waals surface area contributed by atoms with Crippen molar-refractivity contribution >= 4 is 11.3 Å². The minimum absolute atomic E-state index is 0.304. The van der Waals surface area contributed by atoms with Crippen molar-refractivity contribution in [2.75, 3.05) is 38.9 Å². The van der Waals surface area contributed by atoms with Crippen LogP contribution in [-0.4, -0.2) is 54.1 Å². The molecule has 0 saturated heterocycles. The summed E-state index contributed by atoms with van der Waals surface area (Å²) >= 11 is 0. The van der Waals surface area contributed by atoms with Gasteiger partial charge in [0.1, 0.15) is 12.2 Å². The number of hydrogen-bond acceptors (Lipinski definition) is 6. The molecule has 3 aromatic rings. The minimum atomic E-state index is -0.751. The number of aromatic nitrogens is 2. The van der Waals surface area contributed by atoms with Crippen LogP contribution in [-0.2, 0) is 14.2 Å². The van der Waals surface area contributed by atoms with Gasteiger partial charge in [0.25, 0.3) is 0 Å². The number of aliphatic hydroxyl groups excluding tert-OH is 1. The number of nitrogens with one attached hydrogen (secondary N) is 1. The number of anilines is 1. The highest BCUT2D eigenvalue weighted by Crippen LogP contribution is 2.43. The molecule has 0 spiro atoms. The number of benzene rings is 1. The number of fused-ring (bicyclic) bond motifs is 3. The first-order chi connectivity index (χ1) is 14.6. The van der Waals surface area contributed by atoms with Gasteiger partial charge in [-0.05, 0) is 25.5 Å². The molecule has 3 heterocycles. The van der Waals surface area contributed by atoms with Gasteiger partial charge < -0.3 is 29.0 Å². The van der Waals surface area contributed by atoms with E-state index in [0.717, 1.165) is 33.8 Å². The lowest BCUT2D eigenvalue weighted by atomic mass is 9.89. The Labute approximate surface area is 176 Å². The highest BCUT2D eigenvalue weighted by molar-refractivity contribution is 5.75. The maximum atomic E-state index is 11.2. The molecule has 1 aliphatic rings. The molecule has 0 saturated carbocycles. The zero-order valence-electron chi connectivity index (χ0n) is 17.7. The van der Waals surface area contributed by atoms with Crippen LogP contribution in [0.1, 0.15) is 34.7 Å². The molecule has 2 aromatic heterocycles. The fourth-order valence-electron chi connectivity index (χ4n) is 3.95. The van der Waals surface area contributed by atoms with Crippen LogP contribution in [0.3, 0.4) is 0 Å². The summed E-state index contributed by atoms with van der Waals surface area (Å²) in [6.07, 6.45) is 0.755. The predicted molar refractivity (Wildman–Crippen MR) is 115 cm³/mol. The standard InChI is InChI=1S/C23H29N3O4/c1-15-16(2)26-10-9-18-20(23(26)24-15)25-19(17-7-5-4-6-8-17)21(27)22(18)30-14-13-29-12-11-28-3/h4-10,19,21-22,25,27H,11-14H2,1-3H3/t19-,21-,22-/m1/s1. The second-order valence-electron chi connectivity index (χ2n) is 7.54. The second kappa shape index (κ2) is 9.14. The molecule has 1 aliphatic heterocycles. The Morgan fingerprint density at radius 1 is 1.07 bits per heavy atom. The fourth-order valence-corrected chi connectivity index (χ4v) is 3.95. The number of ether oxygens (including phenoxy) is 3. The lowest BCUT2D eigenvalue weighted by Gasteiger charge is -2.38. The van der Waals surface area contributed by atoms with Crippen LogP contribution < -0.4 is 5.32 Å². The average Bonchev–Trinajstić information content (AvgIpc) is 3.06. The van der Waals surface area contributed by atoms with Crippen molar-refractivity contribution in [2.45, 2.75) is 32.1 Å². The molecule has 0 bridgehead atoms. The summed E-state index contributed by atoms with van der Waals surface area (Å²) in [6.45, 7) is 5.95. The third-order valence-corrected chi connectivity index (χ3v) is 5.68. The first-order valence-corrected chi connectivity index (χ1v) is 10.3. The van der Waals surface area contributed by atoms with Crippen LogP contribution >= 0.6 is 0 Å². The maximum Gasteiger partial charge on any atom is 0.161 e. The normalized spacial score (nSPS) is 20.9. The number of aliphatic hydroxyl groups is 1. The molecule has 0 fully saturated rings. The zero-order chi connectivity index (χ0) is 21.1. The van der Waals surface area contributed by atoms with Crippen LogP contribution in [0.5, 0.6) is 0 Å². The number of nitrogens with zero attached hydrogens (tertiary/aromatic N) is 2. The summed E-state index contributed by atoms with van der Waals surface area (Å²) in [7, 11) is 1.64. The summed E-state index contributed by atoms with van der Waals surface area (Å²) in [5.41, 5.74) is 5.74. The fraction of sp³-hybridized carbons (Fsp3) is 0.435. The molecule has 2 N–H and O–H groups in total. The van der Waals surface area contributed by atoms with E-state index in [1.54, 1.807) is 7.11 Å². The highest BCUT2D eigenvalue weighted by atomic mass is 16.5. The quantitative estimate of drug-likeness (QED) is 0.555. The van der Waals surface area contributed by atoms with Gasteiger partial charge in [0, 0.05) is 24.6 Å². The van der Waals surface area contributed by atoms with E-state index in [-0.39, 0.29) is 6.04 Å². The predicted octanol–water partition coefficient (Wildman–Crippen LogP) is 3.20. The van der Waals surface area contributed by atoms with E-state index in [9.17, 15) is 5.11 Å². The number of imidazole rings is 1. The van der Waals surface area contributed by atoms with Gasteiger partial charge >= 0.3 is 0 Å². The number of aryl methyl sites for hydroxylation is 2. The molecule has 0 aliphatic carbocycles. The van der Waals surface area contributed by atoms with Gasteiger partial charge in [0.15, 0.2) is 5.65 Å². The second-order valence-corrected chi connectivity index (χ2v) is 7.54. The van der Waals surface area contributed by atoms with Crippen molar-refractivity contribution in [3.63, 3.8) is 0 Å². The summed E-state index contributed by atoms with van der Waals surface area (Å²) in [4.78, 5) is 4.77. The van der Waals surface area contributed by atoms with Gasteiger partial charge in [-0.2, -0.15) is 0 Å². The van der Waals surface area contributed by atoms with Gasteiger partial charge in [-0.3, -0.25) is 0 Å². The third kappa shape index (κ3) is 3.94. The molecular formula is C23H29N3O4. The molecule has 0 radical (unpaired) electrons. The Hall–Kier alpha value is -2.45. The minimum Gasteiger partial charge on any atom is -0.388 e. The molecule has 30 heavy (non-hydrogen) atoms. The first-order valence-electron chi connectivity index (χ1n) is 10.3. The monoisotopic (exact) mass is 411 g/mol. The number of methoxy groups -OCH3 is 1. The molecule has 160 valence electrons. The number of hydrogen-bond donors (Lipinski definition) is 2. The van der Waals surface area contributed by atoms with Crippen molar-refractivity contribution < 1.29 is 19.3 Å². The van der Waals surface area contributed by atoms with Crippen molar-refractivity contribution in [3.8, 4) is 0 Å². The summed E-state index contributed by atoms with van der Waals surface area (Å²) < 4.78 is 18.7. The molecule has 0 amide bonds. The Balaban J connectivity index is 1.66. The zero-order valence-corrected chi connectivity index (χ0v) is 17.7. The number of rotatable bonds is 8. The average molecular weight is 412 g/mol. The molecule has 0 unspecified atom stereocenters. The van der Waals surface area contributed by atoms with Gasteiger partial charge in [-0.25, -0.2) is 4.98 Å². The summed E-state index contributed by atoms with van der Waals surface area (Å²) in [6, 6.07) is 11.6. The van der Waals surface area contributed by atoms with E-state index < -0.39 is 12.2 Å². The van der Waals surface area contributed by atoms with Crippen molar-refractivity contribution in [2.24, 2.45) is 0 Å². The van der Waals surface area contributed by atoms with Gasteiger partial charge in [-0.1, -0.05) is 30.3 Å². The van der Waals surface area contributed by atoms with Crippen molar-refractivity contribution in [1.29, 1.82) is 0 Å². The largest absolute Gasteiger partial charge is 0.388 e. The van der Waals surface area contributed by atoms with E-state index in [1.165, 1.54) is 0 Å². The van der Waals surface area contributed by atoms with Crippen LogP contribution in [0.25, 0.3) is 5.65 Å². The maximum absolute atomic E-state index is 11.2. The lowest BCUT2D eigenvalue weighted by Crippen LogP contribution is -2.38. The van der Waals surface area contributed by atoms with Crippen LogP contribution in [0, 0.1) is 13.8 Å². The van der Waals surface area contributed by atoms with E-state index in [4.69, 9.17) is 19.2 Å². The van der Waals surface area contributed by atoms with E-state index in [2.05, 4.69) is 16.6 Å². The van der Waals surface area contributed by atoms with Gasteiger partial charge in [-0.15, -0.1) is 0 Å². The molecular weight excluding hydrogens is 382 g/mol. The summed E-state index contributed by atoms with van der Waals surface area (Å²) in [5, 5.41) is 14.8. The molecule has 1 aromatic carbocycles. The molecule has 4 rings (SSSR count). The van der Waals surface area contributed by atoms with Gasteiger partial charge in [0.05, 0.1) is 43.9 Å². The highest BCUT2D eigenvalue weighted by Gasteiger charge is 2.38.